The van der Waals surface area contributed by atoms with E-state index in [9.17, 15) is 4.79 Å². The van der Waals surface area contributed by atoms with Crippen LogP contribution < -0.4 is 14.8 Å². The highest BCUT2D eigenvalue weighted by molar-refractivity contribution is 5.83. The Bertz CT molecular complexity index is 377. The van der Waals surface area contributed by atoms with E-state index in [1.165, 1.54) is 0 Å². The van der Waals surface area contributed by atoms with Crippen molar-refractivity contribution in [2.75, 3.05) is 21.3 Å². The summed E-state index contributed by atoms with van der Waals surface area (Å²) in [5, 5.41) is 2.96. The highest BCUT2D eigenvalue weighted by Gasteiger charge is 2.19. The minimum absolute atomic E-state index is 0.0362. The quantitative estimate of drug-likeness (QED) is 0.822. The third-order valence-corrected chi connectivity index (χ3v) is 2.44. The molecule has 0 radical (unpaired) electrons. The number of Topliss-reactive ketones (excluding diaryl/α,β-unsaturated/α-hetero) is 1. The van der Waals surface area contributed by atoms with Crippen LogP contribution in [-0.2, 0) is 4.79 Å². The largest absolute Gasteiger partial charge is 0.497 e. The van der Waals surface area contributed by atoms with Gasteiger partial charge < -0.3 is 14.8 Å². The van der Waals surface area contributed by atoms with E-state index < -0.39 is 0 Å². The third kappa shape index (κ3) is 2.52. The molecule has 88 valence electrons. The maximum Gasteiger partial charge on any atom is 0.151 e. The minimum atomic E-state index is -0.370. The molecular weight excluding hydrogens is 206 g/mol. The fourth-order valence-electron chi connectivity index (χ4n) is 1.64. The van der Waals surface area contributed by atoms with Crippen molar-refractivity contribution >= 4 is 5.78 Å². The highest BCUT2D eigenvalue weighted by atomic mass is 16.5. The van der Waals surface area contributed by atoms with Gasteiger partial charge >= 0.3 is 0 Å². The molecule has 0 bridgehead atoms. The first-order valence-electron chi connectivity index (χ1n) is 5.03. The molecule has 0 amide bonds. The Morgan fingerprint density at radius 3 is 2.44 bits per heavy atom. The molecule has 0 aromatic heterocycles. The van der Waals surface area contributed by atoms with Crippen molar-refractivity contribution in [2.24, 2.45) is 0 Å². The van der Waals surface area contributed by atoms with Crippen molar-refractivity contribution in [2.45, 2.75) is 13.0 Å². The van der Waals surface area contributed by atoms with Crippen LogP contribution in [0.1, 0.15) is 18.5 Å². The molecule has 0 saturated carbocycles. The van der Waals surface area contributed by atoms with Crippen molar-refractivity contribution in [3.8, 4) is 11.5 Å². The predicted octanol–water partition coefficient (Wildman–Crippen LogP) is 1.55. The topological polar surface area (TPSA) is 47.6 Å². The smallest absolute Gasteiger partial charge is 0.151 e. The first-order chi connectivity index (χ1) is 7.63. The van der Waals surface area contributed by atoms with Crippen LogP contribution in [0.2, 0.25) is 0 Å². The summed E-state index contributed by atoms with van der Waals surface area (Å²) in [6.45, 7) is 1.54. The van der Waals surface area contributed by atoms with E-state index in [0.717, 1.165) is 5.56 Å². The number of rotatable bonds is 5. The van der Waals surface area contributed by atoms with Crippen molar-refractivity contribution in [3.05, 3.63) is 23.8 Å². The first kappa shape index (κ1) is 12.5. The third-order valence-electron chi connectivity index (χ3n) is 2.44. The van der Waals surface area contributed by atoms with E-state index >= 15 is 0 Å². The van der Waals surface area contributed by atoms with Gasteiger partial charge in [-0.25, -0.2) is 0 Å². The standard InChI is InChI=1S/C12H17NO3/c1-8(14)12(13-2)10-7-9(15-3)5-6-11(10)16-4/h5-7,12-13H,1-4H3. The van der Waals surface area contributed by atoms with Crippen molar-refractivity contribution in [1.82, 2.24) is 5.32 Å². The molecule has 1 aromatic rings. The Labute approximate surface area is 95.6 Å². The van der Waals surface area contributed by atoms with Gasteiger partial charge in [0.2, 0.25) is 0 Å². The number of likely N-dealkylation sites (N-methyl/N-ethyl adjacent to an activating group) is 1. The summed E-state index contributed by atoms with van der Waals surface area (Å²) in [5.41, 5.74) is 0.789. The fraction of sp³-hybridized carbons (Fsp3) is 0.417. The number of nitrogens with one attached hydrogen (secondary N) is 1. The summed E-state index contributed by atoms with van der Waals surface area (Å²) < 4.78 is 10.4. The molecule has 1 aromatic carbocycles. The van der Waals surface area contributed by atoms with Gasteiger partial charge in [0.15, 0.2) is 5.78 Å². The number of benzene rings is 1. The van der Waals surface area contributed by atoms with Gasteiger partial charge in [0.05, 0.1) is 20.3 Å². The zero-order chi connectivity index (χ0) is 12.1. The first-order valence-corrected chi connectivity index (χ1v) is 5.03. The average Bonchev–Trinajstić information content (AvgIpc) is 2.29. The van der Waals surface area contributed by atoms with E-state index in [0.29, 0.717) is 11.5 Å². The lowest BCUT2D eigenvalue weighted by Crippen LogP contribution is -2.23. The van der Waals surface area contributed by atoms with Gasteiger partial charge in [-0.05, 0) is 32.2 Å². The number of ether oxygens (including phenoxy) is 2. The predicted molar refractivity (Wildman–Crippen MR) is 62.0 cm³/mol. The molecule has 0 aliphatic heterocycles. The number of ketones is 1. The van der Waals surface area contributed by atoms with Crippen molar-refractivity contribution in [1.29, 1.82) is 0 Å². The summed E-state index contributed by atoms with van der Waals surface area (Å²) in [5.74, 6) is 1.42. The molecule has 0 fully saturated rings. The normalized spacial score (nSPS) is 12.0. The van der Waals surface area contributed by atoms with E-state index in [4.69, 9.17) is 9.47 Å². The van der Waals surface area contributed by atoms with E-state index in [1.54, 1.807) is 46.4 Å². The van der Waals surface area contributed by atoms with Crippen LogP contribution in [0.15, 0.2) is 18.2 Å². The fourth-order valence-corrected chi connectivity index (χ4v) is 1.64. The number of methoxy groups -OCH3 is 2. The van der Waals surface area contributed by atoms with Crippen molar-refractivity contribution in [3.63, 3.8) is 0 Å². The monoisotopic (exact) mass is 223 g/mol. The van der Waals surface area contributed by atoms with Crippen LogP contribution in [0.3, 0.4) is 0 Å². The molecule has 0 saturated heterocycles. The summed E-state index contributed by atoms with van der Waals surface area (Å²) in [6.07, 6.45) is 0. The second kappa shape index (κ2) is 5.51. The summed E-state index contributed by atoms with van der Waals surface area (Å²) in [6, 6.07) is 5.03. The molecule has 0 heterocycles. The Hall–Kier alpha value is -1.55. The van der Waals surface area contributed by atoms with Gasteiger partial charge in [-0.2, -0.15) is 0 Å². The van der Waals surface area contributed by atoms with Gasteiger partial charge in [0.25, 0.3) is 0 Å². The molecule has 1 rings (SSSR count). The van der Waals surface area contributed by atoms with Gasteiger partial charge in [-0.15, -0.1) is 0 Å². The van der Waals surface area contributed by atoms with E-state index in [-0.39, 0.29) is 11.8 Å². The lowest BCUT2D eigenvalue weighted by molar-refractivity contribution is -0.119. The summed E-state index contributed by atoms with van der Waals surface area (Å²) in [7, 11) is 4.91. The van der Waals surface area contributed by atoms with Gasteiger partial charge in [0, 0.05) is 5.56 Å². The van der Waals surface area contributed by atoms with Crippen LogP contribution in [0.25, 0.3) is 0 Å². The van der Waals surface area contributed by atoms with Gasteiger partial charge in [-0.3, -0.25) is 4.79 Å². The molecule has 1 atom stereocenters. The lowest BCUT2D eigenvalue weighted by atomic mass is 10.0. The summed E-state index contributed by atoms with van der Waals surface area (Å²) in [4.78, 5) is 11.5. The number of hydrogen-bond acceptors (Lipinski definition) is 4. The summed E-state index contributed by atoms with van der Waals surface area (Å²) >= 11 is 0. The Kier molecular flexibility index (Phi) is 4.31. The highest BCUT2D eigenvalue weighted by Crippen LogP contribution is 2.29. The molecule has 0 spiro atoms. The second-order valence-electron chi connectivity index (χ2n) is 3.44. The molecule has 0 aliphatic carbocycles. The second-order valence-corrected chi connectivity index (χ2v) is 3.44. The maximum absolute atomic E-state index is 11.5. The van der Waals surface area contributed by atoms with Gasteiger partial charge in [0.1, 0.15) is 11.5 Å². The maximum atomic E-state index is 11.5. The Morgan fingerprint density at radius 2 is 2.00 bits per heavy atom. The SMILES string of the molecule is CNC(C(C)=O)c1cc(OC)ccc1OC. The molecule has 1 N–H and O–H groups in total. The number of carbonyl (C=O) groups is 1. The molecule has 1 unspecified atom stereocenters. The van der Waals surface area contributed by atoms with Crippen LogP contribution in [-0.4, -0.2) is 27.1 Å². The average molecular weight is 223 g/mol. The van der Waals surface area contributed by atoms with Crippen LogP contribution in [0, 0.1) is 0 Å². The Morgan fingerprint density at radius 1 is 1.31 bits per heavy atom. The number of hydrogen-bond donors (Lipinski definition) is 1. The van der Waals surface area contributed by atoms with Crippen LogP contribution in [0.5, 0.6) is 11.5 Å². The van der Waals surface area contributed by atoms with Crippen LogP contribution >= 0.6 is 0 Å². The van der Waals surface area contributed by atoms with Gasteiger partial charge in [-0.1, -0.05) is 0 Å². The minimum Gasteiger partial charge on any atom is -0.497 e. The zero-order valence-corrected chi connectivity index (χ0v) is 10.0. The molecule has 4 heteroatoms. The van der Waals surface area contributed by atoms with Crippen LogP contribution in [0.4, 0.5) is 0 Å². The Balaban J connectivity index is 3.21. The molecule has 0 aliphatic rings. The molecule has 4 nitrogen and oxygen atoms in total. The molecule has 16 heavy (non-hydrogen) atoms. The zero-order valence-electron chi connectivity index (χ0n) is 10.0. The van der Waals surface area contributed by atoms with E-state index in [1.807, 2.05) is 0 Å². The lowest BCUT2D eigenvalue weighted by Gasteiger charge is -2.17. The van der Waals surface area contributed by atoms with Crippen molar-refractivity contribution < 1.29 is 14.3 Å². The number of carbonyl (C=O) groups excluding carboxylic acids is 1. The van der Waals surface area contributed by atoms with E-state index in [2.05, 4.69) is 5.32 Å². The molecular formula is C12H17NO3.